The monoisotopic (exact) mass is 260 g/mol. The second kappa shape index (κ2) is 7.04. The average molecular weight is 261 g/mol. The lowest BCUT2D eigenvalue weighted by molar-refractivity contribution is 1.62. The minimum absolute atomic E-state index is 0. The van der Waals surface area contributed by atoms with E-state index in [-0.39, 0.29) is 40.0 Å². The molecule has 0 fully saturated rings. The highest BCUT2D eigenvalue weighted by atomic mass is 79.9. The molecule has 0 aliphatic heterocycles. The van der Waals surface area contributed by atoms with Crippen molar-refractivity contribution in [1.29, 1.82) is 0 Å². The van der Waals surface area contributed by atoms with Gasteiger partial charge in [-0.2, -0.15) is 0 Å². The standard InChI is InChI=1S/C12H10.BrH.Mg.2H/c1-3-7-11(8-4-1)12-9-5-2-6-10-12;;;;/h1-10H;1H;;;. The molecular weight excluding hydrogens is 248 g/mol. The summed E-state index contributed by atoms with van der Waals surface area (Å²) >= 11 is 0. The normalized spacial score (nSPS) is 8.29. The van der Waals surface area contributed by atoms with E-state index in [1.165, 1.54) is 11.1 Å². The van der Waals surface area contributed by atoms with Crippen molar-refractivity contribution < 1.29 is 0 Å². The van der Waals surface area contributed by atoms with E-state index in [0.717, 1.165) is 0 Å². The van der Waals surface area contributed by atoms with Gasteiger partial charge in [-0.15, -0.1) is 17.0 Å². The van der Waals surface area contributed by atoms with Gasteiger partial charge in [-0.3, -0.25) is 0 Å². The third-order valence-corrected chi connectivity index (χ3v) is 1.88. The first kappa shape index (κ1) is 13.7. The fraction of sp³-hybridized carbons (Fsp3) is 0. The highest BCUT2D eigenvalue weighted by Crippen LogP contribution is 2.17. The van der Waals surface area contributed by atoms with E-state index in [0.29, 0.717) is 0 Å². The molecule has 0 atom stereocenters. The van der Waals surface area contributed by atoms with Crippen LogP contribution in [0.1, 0.15) is 0 Å². The third-order valence-electron chi connectivity index (χ3n) is 1.88. The van der Waals surface area contributed by atoms with Crippen LogP contribution in [0.5, 0.6) is 0 Å². The fourth-order valence-electron chi connectivity index (χ4n) is 1.26. The quantitative estimate of drug-likeness (QED) is 0.692. The minimum atomic E-state index is 0. The van der Waals surface area contributed by atoms with E-state index < -0.39 is 0 Å². The molecule has 0 nitrogen and oxygen atoms in total. The smallest absolute Gasteiger partial charge is 0.114 e. The summed E-state index contributed by atoms with van der Waals surface area (Å²) in [6.07, 6.45) is 0. The van der Waals surface area contributed by atoms with Gasteiger partial charge in [0.25, 0.3) is 0 Å². The molecule has 0 aromatic heterocycles. The van der Waals surface area contributed by atoms with E-state index in [2.05, 4.69) is 48.5 Å². The summed E-state index contributed by atoms with van der Waals surface area (Å²) in [4.78, 5) is 0. The van der Waals surface area contributed by atoms with Crippen molar-refractivity contribution in [3.8, 4) is 11.1 Å². The van der Waals surface area contributed by atoms with Crippen molar-refractivity contribution in [2.45, 2.75) is 0 Å². The average Bonchev–Trinajstić information content (AvgIpc) is 2.21. The van der Waals surface area contributed by atoms with Crippen LogP contribution in [0, 0.1) is 0 Å². The number of hydrogen-bond donors (Lipinski definition) is 0. The van der Waals surface area contributed by atoms with Gasteiger partial charge in [0, 0.05) is 0 Å². The van der Waals surface area contributed by atoms with E-state index in [1.807, 2.05) is 12.1 Å². The van der Waals surface area contributed by atoms with Crippen LogP contribution >= 0.6 is 17.0 Å². The maximum absolute atomic E-state index is 2.12. The summed E-state index contributed by atoms with van der Waals surface area (Å²) in [6.45, 7) is 0. The number of hydrogen-bond acceptors (Lipinski definition) is 0. The Kier molecular flexibility index (Phi) is 6.88. The van der Waals surface area contributed by atoms with Gasteiger partial charge >= 0.3 is 23.1 Å². The van der Waals surface area contributed by atoms with Gasteiger partial charge in [0.05, 0.1) is 0 Å². The summed E-state index contributed by atoms with van der Waals surface area (Å²) in [5.74, 6) is 0. The van der Waals surface area contributed by atoms with Crippen LogP contribution in [-0.2, 0) is 0 Å². The summed E-state index contributed by atoms with van der Waals surface area (Å²) < 4.78 is 0. The lowest BCUT2D eigenvalue weighted by atomic mass is 10.1. The molecule has 0 aliphatic rings. The Hall–Kier alpha value is -0.314. The lowest BCUT2D eigenvalue weighted by Gasteiger charge is -1.98. The van der Waals surface area contributed by atoms with Crippen LogP contribution < -0.4 is 0 Å². The molecule has 0 radical (unpaired) electrons. The number of rotatable bonds is 1. The molecule has 14 heavy (non-hydrogen) atoms. The molecule has 0 saturated carbocycles. The van der Waals surface area contributed by atoms with E-state index >= 15 is 0 Å². The lowest BCUT2D eigenvalue weighted by Crippen LogP contribution is -1.73. The fourth-order valence-corrected chi connectivity index (χ4v) is 1.26. The third kappa shape index (κ3) is 3.44. The van der Waals surface area contributed by atoms with Crippen molar-refractivity contribution in [1.82, 2.24) is 0 Å². The summed E-state index contributed by atoms with van der Waals surface area (Å²) in [7, 11) is 0. The number of benzene rings is 2. The van der Waals surface area contributed by atoms with Gasteiger partial charge in [0.1, 0.15) is 0 Å². The summed E-state index contributed by atoms with van der Waals surface area (Å²) in [6, 6.07) is 20.8. The van der Waals surface area contributed by atoms with Gasteiger partial charge < -0.3 is 0 Å². The van der Waals surface area contributed by atoms with Crippen molar-refractivity contribution in [2.75, 3.05) is 0 Å². The zero-order chi connectivity index (χ0) is 8.23. The molecule has 0 N–H and O–H groups in total. The molecule has 0 aliphatic carbocycles. The summed E-state index contributed by atoms with van der Waals surface area (Å²) in [5.41, 5.74) is 2.55. The van der Waals surface area contributed by atoms with Gasteiger partial charge in [-0.1, -0.05) is 60.7 Å². The van der Waals surface area contributed by atoms with Gasteiger partial charge in [-0.05, 0) is 11.1 Å². The molecule has 70 valence electrons. The predicted molar refractivity (Wildman–Crippen MR) is 70.7 cm³/mol. The molecule has 2 heteroatoms. The first-order valence-corrected chi connectivity index (χ1v) is 4.07. The van der Waals surface area contributed by atoms with Crippen molar-refractivity contribution in [3.05, 3.63) is 60.7 Å². The van der Waals surface area contributed by atoms with E-state index in [9.17, 15) is 0 Å². The Balaban J connectivity index is 0.000000845. The molecular formula is C12H13BrMg. The Bertz CT molecular complexity index is 308. The van der Waals surface area contributed by atoms with Crippen LogP contribution in [0.2, 0.25) is 0 Å². The molecule has 2 aromatic carbocycles. The highest BCUT2D eigenvalue weighted by Gasteiger charge is 1.91. The molecule has 0 unspecified atom stereocenters. The largest absolute Gasteiger partial charge is 0.316 e. The maximum atomic E-state index is 2.12. The van der Waals surface area contributed by atoms with Crippen LogP contribution in [0.25, 0.3) is 11.1 Å². The topological polar surface area (TPSA) is 0 Å². The SMILES string of the molecule is Br.[MgH2].c1ccc(-c2ccccc2)cc1. The van der Waals surface area contributed by atoms with Crippen molar-refractivity contribution >= 4 is 40.0 Å². The van der Waals surface area contributed by atoms with Gasteiger partial charge in [0.15, 0.2) is 0 Å². The molecule has 0 spiro atoms. The zero-order valence-electron chi connectivity index (χ0n) is 7.18. The zero-order valence-corrected chi connectivity index (χ0v) is 8.89. The summed E-state index contributed by atoms with van der Waals surface area (Å²) in [5, 5.41) is 0. The first-order valence-electron chi connectivity index (χ1n) is 4.07. The van der Waals surface area contributed by atoms with Crippen LogP contribution in [0.15, 0.2) is 60.7 Å². The van der Waals surface area contributed by atoms with Gasteiger partial charge in [-0.25, -0.2) is 0 Å². The van der Waals surface area contributed by atoms with Crippen molar-refractivity contribution in [2.24, 2.45) is 0 Å². The Labute approximate surface area is 111 Å². The van der Waals surface area contributed by atoms with Crippen LogP contribution in [0.4, 0.5) is 0 Å². The molecule has 0 bridgehead atoms. The van der Waals surface area contributed by atoms with E-state index in [4.69, 9.17) is 0 Å². The van der Waals surface area contributed by atoms with Gasteiger partial charge in [0.2, 0.25) is 0 Å². The predicted octanol–water partition coefficient (Wildman–Crippen LogP) is 3.02. The molecule has 2 aromatic rings. The Morgan fingerprint density at radius 1 is 0.500 bits per heavy atom. The second-order valence-electron chi connectivity index (χ2n) is 2.73. The molecule has 2 rings (SSSR count). The second-order valence-corrected chi connectivity index (χ2v) is 2.73. The molecule has 0 amide bonds. The molecule has 0 saturated heterocycles. The highest BCUT2D eigenvalue weighted by molar-refractivity contribution is 8.93. The minimum Gasteiger partial charge on any atom is -0.114 e. The molecule has 0 heterocycles. The van der Waals surface area contributed by atoms with Crippen LogP contribution in [0.3, 0.4) is 0 Å². The Morgan fingerprint density at radius 3 is 1.07 bits per heavy atom. The first-order chi connectivity index (χ1) is 5.97. The van der Waals surface area contributed by atoms with Crippen LogP contribution in [-0.4, -0.2) is 23.1 Å². The Morgan fingerprint density at radius 2 is 0.786 bits per heavy atom. The maximum Gasteiger partial charge on any atom is 0.316 e. The number of halogens is 1. The van der Waals surface area contributed by atoms with E-state index in [1.54, 1.807) is 0 Å². The van der Waals surface area contributed by atoms with Crippen molar-refractivity contribution in [3.63, 3.8) is 0 Å².